The van der Waals surface area contributed by atoms with Crippen LogP contribution in [0.4, 0.5) is 0 Å². The maximum atomic E-state index is 5.68. The summed E-state index contributed by atoms with van der Waals surface area (Å²) in [6.07, 6.45) is 0. The van der Waals surface area contributed by atoms with Crippen LogP contribution >= 0.6 is 0 Å². The number of benzene rings is 1. The molecule has 2 rings (SSSR count). The third-order valence-corrected chi connectivity index (χ3v) is 2.80. The topological polar surface area (TPSA) is 21.7 Å². The Morgan fingerprint density at radius 2 is 1.88 bits per heavy atom. The van der Waals surface area contributed by atoms with Crippen LogP contribution in [0.15, 0.2) is 24.3 Å². The van der Waals surface area contributed by atoms with Crippen molar-refractivity contribution >= 4 is 13.3 Å². The molecule has 86 valence electrons. The minimum absolute atomic E-state index is 0.753. The minimum Gasteiger partial charge on any atom is -0.492 e. The highest BCUT2D eigenvalue weighted by molar-refractivity contribution is 6.32. The molecule has 1 aromatic carbocycles. The molecule has 0 atom stereocenters. The van der Waals surface area contributed by atoms with Gasteiger partial charge >= 0.3 is 0 Å². The maximum absolute atomic E-state index is 5.68. The third-order valence-electron chi connectivity index (χ3n) is 2.80. The van der Waals surface area contributed by atoms with Gasteiger partial charge in [-0.25, -0.2) is 0 Å². The van der Waals surface area contributed by atoms with E-state index in [4.69, 9.17) is 9.47 Å². The van der Waals surface area contributed by atoms with Crippen molar-refractivity contribution in [2.45, 2.75) is 0 Å². The highest BCUT2D eigenvalue weighted by Crippen LogP contribution is 2.07. The van der Waals surface area contributed by atoms with Gasteiger partial charge in [0.05, 0.1) is 13.2 Å². The fraction of sp³-hybridized carbons (Fsp3) is 0.500. The maximum Gasteiger partial charge on any atom is 0.139 e. The van der Waals surface area contributed by atoms with Crippen molar-refractivity contribution in [2.75, 3.05) is 39.5 Å². The molecule has 0 unspecified atom stereocenters. The van der Waals surface area contributed by atoms with Gasteiger partial charge in [-0.2, -0.15) is 0 Å². The minimum atomic E-state index is 0.753. The normalized spacial score (nSPS) is 17.2. The molecule has 0 aliphatic carbocycles. The van der Waals surface area contributed by atoms with E-state index in [0.29, 0.717) is 0 Å². The molecule has 1 saturated heterocycles. The Labute approximate surface area is 97.8 Å². The summed E-state index contributed by atoms with van der Waals surface area (Å²) in [7, 11) is 2.08. The second-order valence-electron chi connectivity index (χ2n) is 4.12. The Bertz CT molecular complexity index is 309. The Morgan fingerprint density at radius 1 is 1.19 bits per heavy atom. The first-order chi connectivity index (χ1) is 7.84. The predicted octanol–water partition coefficient (Wildman–Crippen LogP) is -0.344. The quantitative estimate of drug-likeness (QED) is 0.646. The van der Waals surface area contributed by atoms with Crippen LogP contribution in [-0.2, 0) is 4.74 Å². The number of hydrogen-bond donors (Lipinski definition) is 0. The number of hydrogen-bond acceptors (Lipinski definition) is 3. The van der Waals surface area contributed by atoms with E-state index < -0.39 is 0 Å². The average Bonchev–Trinajstić information content (AvgIpc) is 2.33. The van der Waals surface area contributed by atoms with Gasteiger partial charge < -0.3 is 9.47 Å². The Hall–Kier alpha value is -0.995. The van der Waals surface area contributed by atoms with Gasteiger partial charge in [0.1, 0.15) is 20.2 Å². The Kier molecular flexibility index (Phi) is 4.25. The van der Waals surface area contributed by atoms with Gasteiger partial charge in [0.25, 0.3) is 0 Å². The van der Waals surface area contributed by atoms with E-state index in [0.717, 1.165) is 45.2 Å². The zero-order valence-electron chi connectivity index (χ0n) is 9.82. The molecule has 0 aromatic heterocycles. The molecule has 0 N–H and O–H groups in total. The molecule has 0 radical (unpaired) electrons. The highest BCUT2D eigenvalue weighted by atomic mass is 16.5. The summed E-state index contributed by atoms with van der Waals surface area (Å²) in [6.45, 7) is 5.49. The molecule has 1 aromatic rings. The van der Waals surface area contributed by atoms with E-state index in [-0.39, 0.29) is 0 Å². The van der Waals surface area contributed by atoms with Gasteiger partial charge in [-0.1, -0.05) is 17.6 Å². The fourth-order valence-corrected chi connectivity index (χ4v) is 1.75. The van der Waals surface area contributed by atoms with E-state index >= 15 is 0 Å². The summed E-state index contributed by atoms with van der Waals surface area (Å²) in [4.78, 5) is 2.37. The molecule has 16 heavy (non-hydrogen) atoms. The molecule has 0 bridgehead atoms. The average molecular weight is 219 g/mol. The Balaban J connectivity index is 1.69. The molecule has 0 saturated carbocycles. The summed E-state index contributed by atoms with van der Waals surface area (Å²) in [5.41, 5.74) is 1.26. The lowest BCUT2D eigenvalue weighted by atomic mass is 9.97. The van der Waals surface area contributed by atoms with Gasteiger partial charge in [-0.05, 0) is 12.1 Å². The molecule has 1 heterocycles. The van der Waals surface area contributed by atoms with Crippen molar-refractivity contribution in [1.82, 2.24) is 4.90 Å². The molecular weight excluding hydrogens is 201 g/mol. The van der Waals surface area contributed by atoms with Crippen LogP contribution in [0, 0.1) is 0 Å². The smallest absolute Gasteiger partial charge is 0.139 e. The van der Waals surface area contributed by atoms with Crippen LogP contribution in [0.5, 0.6) is 5.75 Å². The van der Waals surface area contributed by atoms with Crippen LogP contribution in [-0.4, -0.2) is 52.2 Å². The van der Waals surface area contributed by atoms with Crippen LogP contribution < -0.4 is 10.2 Å². The van der Waals surface area contributed by atoms with Gasteiger partial charge in [0.2, 0.25) is 0 Å². The first-order valence-corrected chi connectivity index (χ1v) is 5.84. The molecular formula is C12H18BNO2. The predicted molar refractivity (Wildman–Crippen MR) is 67.4 cm³/mol. The van der Waals surface area contributed by atoms with Crippen molar-refractivity contribution < 1.29 is 9.47 Å². The van der Waals surface area contributed by atoms with Crippen LogP contribution in [0.2, 0.25) is 0 Å². The zero-order chi connectivity index (χ0) is 11.2. The lowest BCUT2D eigenvalue weighted by molar-refractivity contribution is 0.0322. The monoisotopic (exact) mass is 219 g/mol. The lowest BCUT2D eigenvalue weighted by Gasteiger charge is -2.26. The second kappa shape index (κ2) is 5.92. The number of nitrogens with zero attached hydrogens (tertiary/aromatic N) is 1. The fourth-order valence-electron chi connectivity index (χ4n) is 1.75. The molecule has 3 nitrogen and oxygen atoms in total. The van der Waals surface area contributed by atoms with E-state index in [2.05, 4.69) is 24.9 Å². The lowest BCUT2D eigenvalue weighted by Crippen LogP contribution is -2.38. The van der Waals surface area contributed by atoms with Crippen molar-refractivity contribution in [3.63, 3.8) is 0 Å². The first-order valence-electron chi connectivity index (χ1n) is 5.84. The summed E-state index contributed by atoms with van der Waals surface area (Å²) in [5, 5.41) is 0. The van der Waals surface area contributed by atoms with Crippen molar-refractivity contribution in [2.24, 2.45) is 0 Å². The van der Waals surface area contributed by atoms with E-state index in [1.807, 2.05) is 12.1 Å². The van der Waals surface area contributed by atoms with E-state index in [9.17, 15) is 0 Å². The Morgan fingerprint density at radius 3 is 2.56 bits per heavy atom. The van der Waals surface area contributed by atoms with Gasteiger partial charge in [-0.15, -0.1) is 0 Å². The van der Waals surface area contributed by atoms with Crippen LogP contribution in [0.1, 0.15) is 0 Å². The largest absolute Gasteiger partial charge is 0.492 e. The third kappa shape index (κ3) is 3.54. The highest BCUT2D eigenvalue weighted by Gasteiger charge is 2.09. The molecule has 1 aliphatic heterocycles. The van der Waals surface area contributed by atoms with Gasteiger partial charge in [0, 0.05) is 19.6 Å². The van der Waals surface area contributed by atoms with E-state index in [1.54, 1.807) is 0 Å². The SMILES string of the molecule is Bc1ccc(OCCN2CCOCC2)cc1. The molecule has 1 fully saturated rings. The van der Waals surface area contributed by atoms with Crippen LogP contribution in [0.3, 0.4) is 0 Å². The van der Waals surface area contributed by atoms with Crippen molar-refractivity contribution in [3.05, 3.63) is 24.3 Å². The van der Waals surface area contributed by atoms with Crippen molar-refractivity contribution in [3.8, 4) is 5.75 Å². The van der Waals surface area contributed by atoms with Crippen molar-refractivity contribution in [1.29, 1.82) is 0 Å². The number of morpholine rings is 1. The zero-order valence-corrected chi connectivity index (χ0v) is 9.82. The molecule has 4 heteroatoms. The molecule has 0 spiro atoms. The van der Waals surface area contributed by atoms with Gasteiger partial charge in [-0.3, -0.25) is 4.90 Å². The number of ether oxygens (including phenoxy) is 2. The first kappa shape index (κ1) is 11.5. The standard InChI is InChI=1S/C12H18BNO2/c13-11-1-3-12(4-2-11)16-10-7-14-5-8-15-9-6-14/h1-4H,5-10,13H2. The van der Waals surface area contributed by atoms with Crippen LogP contribution in [0.25, 0.3) is 0 Å². The molecule has 0 amide bonds. The summed E-state index contributed by atoms with van der Waals surface area (Å²) < 4.78 is 11.0. The summed E-state index contributed by atoms with van der Waals surface area (Å²) in [6, 6.07) is 8.19. The summed E-state index contributed by atoms with van der Waals surface area (Å²) in [5.74, 6) is 0.957. The van der Waals surface area contributed by atoms with E-state index in [1.165, 1.54) is 5.46 Å². The number of rotatable bonds is 4. The van der Waals surface area contributed by atoms with Gasteiger partial charge in [0.15, 0.2) is 0 Å². The summed E-state index contributed by atoms with van der Waals surface area (Å²) >= 11 is 0. The molecule has 1 aliphatic rings. The second-order valence-corrected chi connectivity index (χ2v) is 4.12.